The summed E-state index contributed by atoms with van der Waals surface area (Å²) in [5.41, 5.74) is 0.735. The number of hydrogen-bond donors (Lipinski definition) is 1. The van der Waals surface area contributed by atoms with Gasteiger partial charge in [-0.25, -0.2) is 4.21 Å². The van der Waals surface area contributed by atoms with Gasteiger partial charge in [-0.15, -0.1) is 12.3 Å². The summed E-state index contributed by atoms with van der Waals surface area (Å²) < 4.78 is 16.9. The summed E-state index contributed by atoms with van der Waals surface area (Å²) >= 11 is 0. The number of nitrogens with one attached hydrogen (secondary N) is 1. The normalized spacial score (nSPS) is 19.2. The molecule has 1 aromatic carbocycles. The van der Waals surface area contributed by atoms with Crippen LogP contribution in [0.1, 0.15) is 42.5 Å². The van der Waals surface area contributed by atoms with E-state index in [2.05, 4.69) is 25.8 Å². The predicted molar refractivity (Wildman–Crippen MR) is 98.2 cm³/mol. The molecule has 6 nitrogen and oxygen atoms in total. The van der Waals surface area contributed by atoms with Gasteiger partial charge in [-0.3, -0.25) is 4.79 Å². The molecule has 0 unspecified atom stereocenters. The van der Waals surface area contributed by atoms with Crippen LogP contribution in [0.4, 0.5) is 5.69 Å². The van der Waals surface area contributed by atoms with Crippen LogP contribution < -0.4 is 5.32 Å². The molecular formula is C18H22N4O2S. The lowest BCUT2D eigenvalue weighted by molar-refractivity contribution is 0.0952. The molecule has 2 aliphatic heterocycles. The molecule has 1 aromatic rings. The van der Waals surface area contributed by atoms with Crippen LogP contribution in [0, 0.1) is 12.3 Å². The van der Waals surface area contributed by atoms with Crippen molar-refractivity contribution in [2.75, 3.05) is 18.1 Å². The largest absolute Gasteiger partial charge is 0.352 e. The van der Waals surface area contributed by atoms with Gasteiger partial charge in [-0.05, 0) is 31.0 Å². The molecule has 0 radical (unpaired) electrons. The minimum Gasteiger partial charge on any atom is -0.352 e. The van der Waals surface area contributed by atoms with E-state index in [0.29, 0.717) is 42.1 Å². The Morgan fingerprint density at radius 1 is 1.32 bits per heavy atom. The number of amides is 1. The topological polar surface area (TPSA) is 83.2 Å². The molecule has 0 aromatic heterocycles. The fourth-order valence-corrected chi connectivity index (χ4v) is 5.09. The molecule has 7 heteroatoms. The van der Waals surface area contributed by atoms with E-state index in [0.717, 1.165) is 19.3 Å². The lowest BCUT2D eigenvalue weighted by atomic mass is 10.0. The average Bonchev–Trinajstić information content (AvgIpc) is 3.25. The highest BCUT2D eigenvalue weighted by molar-refractivity contribution is 7.93. The maximum Gasteiger partial charge on any atom is 0.251 e. The van der Waals surface area contributed by atoms with Crippen LogP contribution in [0.25, 0.3) is 0 Å². The highest BCUT2D eigenvalue weighted by Gasteiger charge is 2.38. The average molecular weight is 358 g/mol. The molecule has 1 amide bonds. The van der Waals surface area contributed by atoms with Crippen molar-refractivity contribution < 1.29 is 9.00 Å². The molecule has 2 heterocycles. The second kappa shape index (κ2) is 7.36. The van der Waals surface area contributed by atoms with Gasteiger partial charge in [-0.2, -0.15) is 14.6 Å². The van der Waals surface area contributed by atoms with Crippen molar-refractivity contribution in [1.29, 1.82) is 0 Å². The number of hydrogen-bond acceptors (Lipinski definition) is 5. The van der Waals surface area contributed by atoms with Crippen LogP contribution in [0.2, 0.25) is 0 Å². The zero-order valence-corrected chi connectivity index (χ0v) is 14.9. The maximum atomic E-state index is 12.5. The Morgan fingerprint density at radius 2 is 2.08 bits per heavy atom. The van der Waals surface area contributed by atoms with Crippen LogP contribution >= 0.6 is 0 Å². The van der Waals surface area contributed by atoms with Gasteiger partial charge in [0.25, 0.3) is 5.91 Å². The third-order valence-electron chi connectivity index (χ3n) is 4.42. The molecule has 2 aliphatic rings. The van der Waals surface area contributed by atoms with Gasteiger partial charge in [0.15, 0.2) is 5.66 Å². The lowest BCUT2D eigenvalue weighted by Gasteiger charge is -2.10. The summed E-state index contributed by atoms with van der Waals surface area (Å²) in [4.78, 5) is 12.3. The van der Waals surface area contributed by atoms with Crippen molar-refractivity contribution in [3.05, 3.63) is 29.8 Å². The first kappa shape index (κ1) is 17.6. The van der Waals surface area contributed by atoms with Gasteiger partial charge >= 0.3 is 0 Å². The molecule has 1 saturated heterocycles. The molecule has 0 bridgehead atoms. The van der Waals surface area contributed by atoms with Crippen molar-refractivity contribution >= 4 is 21.3 Å². The van der Waals surface area contributed by atoms with Gasteiger partial charge in [0.2, 0.25) is 0 Å². The first-order chi connectivity index (χ1) is 12.0. The smallest absolute Gasteiger partial charge is 0.251 e. The fraction of sp³-hybridized carbons (Fsp3) is 0.500. The van der Waals surface area contributed by atoms with Crippen LogP contribution in [0.5, 0.6) is 0 Å². The molecule has 0 spiro atoms. The van der Waals surface area contributed by atoms with Gasteiger partial charge in [-0.1, -0.05) is 6.07 Å². The van der Waals surface area contributed by atoms with E-state index in [1.807, 2.05) is 0 Å². The van der Waals surface area contributed by atoms with E-state index < -0.39 is 15.4 Å². The van der Waals surface area contributed by atoms with E-state index in [-0.39, 0.29) is 5.91 Å². The second-order valence-electron chi connectivity index (χ2n) is 6.42. The SMILES string of the molecule is C#CCCC1(CCNC(=O)c2cccc(N=S3(=O)CCCC3)c2)N=N1. The Bertz CT molecular complexity index is 829. The van der Waals surface area contributed by atoms with Gasteiger partial charge in [0.1, 0.15) is 0 Å². The van der Waals surface area contributed by atoms with Gasteiger partial charge in [0, 0.05) is 42.9 Å². The minimum atomic E-state index is -2.13. The van der Waals surface area contributed by atoms with Crippen molar-refractivity contribution in [2.24, 2.45) is 14.6 Å². The quantitative estimate of drug-likeness (QED) is 0.759. The summed E-state index contributed by atoms with van der Waals surface area (Å²) in [6.07, 6.45) is 9.19. The Balaban J connectivity index is 1.57. The number of terminal acetylenes is 1. The molecule has 25 heavy (non-hydrogen) atoms. The summed E-state index contributed by atoms with van der Waals surface area (Å²) in [6, 6.07) is 6.99. The Kier molecular flexibility index (Phi) is 5.19. The summed E-state index contributed by atoms with van der Waals surface area (Å²) in [5, 5.41) is 11.0. The molecule has 0 atom stereocenters. The zero-order chi connectivity index (χ0) is 17.8. The number of carbonyl (C=O) groups is 1. The third-order valence-corrected chi connectivity index (χ3v) is 6.82. The minimum absolute atomic E-state index is 0.175. The highest BCUT2D eigenvalue weighted by atomic mass is 32.2. The monoisotopic (exact) mass is 358 g/mol. The highest BCUT2D eigenvalue weighted by Crippen LogP contribution is 2.36. The molecule has 132 valence electrons. The van der Waals surface area contributed by atoms with E-state index in [1.54, 1.807) is 24.3 Å². The molecule has 0 aliphatic carbocycles. The van der Waals surface area contributed by atoms with Crippen LogP contribution in [0.15, 0.2) is 38.9 Å². The van der Waals surface area contributed by atoms with E-state index in [9.17, 15) is 9.00 Å². The van der Waals surface area contributed by atoms with Crippen molar-refractivity contribution in [2.45, 2.75) is 37.8 Å². The van der Waals surface area contributed by atoms with E-state index in [4.69, 9.17) is 6.42 Å². The first-order valence-electron chi connectivity index (χ1n) is 8.53. The zero-order valence-electron chi connectivity index (χ0n) is 14.1. The Labute approximate surface area is 148 Å². The van der Waals surface area contributed by atoms with Crippen LogP contribution in [-0.2, 0) is 9.73 Å². The standard InChI is InChI=1S/C18H22N4O2S/c1-2-3-9-18(21-22-18)10-11-19-17(23)15-7-6-8-16(14-15)20-25(24)12-4-5-13-25/h1,6-8,14H,3-5,9-13H2,(H,19,23). The fourth-order valence-electron chi connectivity index (χ4n) is 2.89. The molecule has 3 rings (SSSR count). The van der Waals surface area contributed by atoms with Gasteiger partial charge < -0.3 is 5.32 Å². The van der Waals surface area contributed by atoms with Crippen molar-refractivity contribution in [3.63, 3.8) is 0 Å². The Morgan fingerprint density at radius 3 is 2.76 bits per heavy atom. The van der Waals surface area contributed by atoms with E-state index >= 15 is 0 Å². The lowest BCUT2D eigenvalue weighted by Crippen LogP contribution is -2.28. The first-order valence-corrected chi connectivity index (χ1v) is 10.4. The van der Waals surface area contributed by atoms with E-state index in [1.165, 1.54) is 0 Å². The summed E-state index contributed by atoms with van der Waals surface area (Å²) in [7, 11) is -2.13. The predicted octanol–water partition coefficient (Wildman–Crippen LogP) is 3.28. The summed E-state index contributed by atoms with van der Waals surface area (Å²) in [5.74, 6) is 3.71. The third kappa shape index (κ3) is 4.67. The number of nitrogens with zero attached hydrogens (tertiary/aromatic N) is 3. The second-order valence-corrected chi connectivity index (χ2v) is 8.97. The van der Waals surface area contributed by atoms with Crippen molar-refractivity contribution in [1.82, 2.24) is 5.32 Å². The summed E-state index contributed by atoms with van der Waals surface area (Å²) in [6.45, 7) is 0.481. The molecule has 1 N–H and O–H groups in total. The van der Waals surface area contributed by atoms with Crippen LogP contribution in [-0.4, -0.2) is 33.8 Å². The number of benzene rings is 1. The maximum absolute atomic E-state index is 12.5. The van der Waals surface area contributed by atoms with Crippen LogP contribution in [0.3, 0.4) is 0 Å². The molecule has 1 fully saturated rings. The number of rotatable bonds is 7. The Hall–Kier alpha value is -2.20. The molecular weight excluding hydrogens is 336 g/mol. The van der Waals surface area contributed by atoms with Crippen molar-refractivity contribution in [3.8, 4) is 12.3 Å². The van der Waals surface area contributed by atoms with Gasteiger partial charge in [0.05, 0.1) is 15.4 Å². The molecule has 0 saturated carbocycles. The number of carbonyl (C=O) groups excluding carboxylic acids is 1.